The summed E-state index contributed by atoms with van der Waals surface area (Å²) in [4.78, 5) is 12.6. The standard InChI is InChI=1S/C20H23BrN2O4S/c1-13-8-9-17(21)18(11-13)23-28(25,26)16-6-3-5-15(12-16)20(24)22-14(2)19-7-4-10-27-19/h3,5-6,8-9,11-12,14,19,23H,4,7,10H2,1-2H3,(H,22,24). The molecule has 2 aromatic carbocycles. The first-order valence-corrected chi connectivity index (χ1v) is 11.4. The van der Waals surface area contributed by atoms with E-state index in [9.17, 15) is 13.2 Å². The van der Waals surface area contributed by atoms with E-state index in [1.165, 1.54) is 12.1 Å². The van der Waals surface area contributed by atoms with Crippen molar-refractivity contribution in [1.82, 2.24) is 5.32 Å². The molecule has 3 rings (SSSR count). The van der Waals surface area contributed by atoms with Crippen LogP contribution in [0.25, 0.3) is 0 Å². The zero-order valence-corrected chi connectivity index (χ0v) is 18.1. The zero-order valence-electron chi connectivity index (χ0n) is 15.7. The fourth-order valence-corrected chi connectivity index (χ4v) is 4.70. The molecular weight excluding hydrogens is 444 g/mol. The first-order chi connectivity index (χ1) is 13.3. The van der Waals surface area contributed by atoms with Gasteiger partial charge < -0.3 is 10.1 Å². The van der Waals surface area contributed by atoms with Gasteiger partial charge in [0.2, 0.25) is 0 Å². The van der Waals surface area contributed by atoms with Crippen LogP contribution < -0.4 is 10.0 Å². The van der Waals surface area contributed by atoms with Gasteiger partial charge >= 0.3 is 0 Å². The molecule has 0 radical (unpaired) electrons. The Bertz CT molecular complexity index is 972. The van der Waals surface area contributed by atoms with E-state index >= 15 is 0 Å². The highest BCUT2D eigenvalue weighted by molar-refractivity contribution is 9.10. The highest BCUT2D eigenvalue weighted by atomic mass is 79.9. The van der Waals surface area contributed by atoms with E-state index < -0.39 is 10.0 Å². The number of nitrogens with one attached hydrogen (secondary N) is 2. The molecule has 1 saturated heterocycles. The van der Waals surface area contributed by atoms with Crippen LogP contribution >= 0.6 is 15.9 Å². The van der Waals surface area contributed by atoms with Crippen molar-refractivity contribution >= 4 is 37.5 Å². The normalized spacial score (nSPS) is 17.9. The first kappa shape index (κ1) is 20.8. The lowest BCUT2D eigenvalue weighted by Gasteiger charge is -2.20. The molecule has 2 atom stereocenters. The van der Waals surface area contributed by atoms with Crippen molar-refractivity contribution < 1.29 is 17.9 Å². The van der Waals surface area contributed by atoms with Crippen LogP contribution in [0.5, 0.6) is 0 Å². The number of amides is 1. The molecule has 2 aromatic rings. The highest BCUT2D eigenvalue weighted by Gasteiger charge is 2.24. The number of ether oxygens (including phenoxy) is 1. The number of halogens is 1. The van der Waals surface area contributed by atoms with Gasteiger partial charge in [0, 0.05) is 16.6 Å². The van der Waals surface area contributed by atoms with Crippen molar-refractivity contribution in [2.24, 2.45) is 0 Å². The molecule has 8 heteroatoms. The molecule has 6 nitrogen and oxygen atoms in total. The largest absolute Gasteiger partial charge is 0.376 e. The van der Waals surface area contributed by atoms with Crippen LogP contribution in [-0.4, -0.2) is 33.1 Å². The Morgan fingerprint density at radius 1 is 1.25 bits per heavy atom. The molecule has 1 aliphatic rings. The summed E-state index contributed by atoms with van der Waals surface area (Å²) in [6, 6.07) is 11.3. The lowest BCUT2D eigenvalue weighted by molar-refractivity contribution is 0.0712. The van der Waals surface area contributed by atoms with E-state index in [0.717, 1.165) is 18.4 Å². The summed E-state index contributed by atoms with van der Waals surface area (Å²) in [5.41, 5.74) is 1.66. The van der Waals surface area contributed by atoms with Gasteiger partial charge in [0.15, 0.2) is 0 Å². The van der Waals surface area contributed by atoms with Crippen LogP contribution in [-0.2, 0) is 14.8 Å². The summed E-state index contributed by atoms with van der Waals surface area (Å²) >= 11 is 3.35. The topological polar surface area (TPSA) is 84.5 Å². The minimum Gasteiger partial charge on any atom is -0.376 e. The molecule has 150 valence electrons. The van der Waals surface area contributed by atoms with Crippen LogP contribution in [0, 0.1) is 6.92 Å². The summed E-state index contributed by atoms with van der Waals surface area (Å²) in [7, 11) is -3.84. The first-order valence-electron chi connectivity index (χ1n) is 9.08. The van der Waals surface area contributed by atoms with Gasteiger partial charge in [-0.3, -0.25) is 9.52 Å². The van der Waals surface area contributed by atoms with Crippen molar-refractivity contribution in [3.63, 3.8) is 0 Å². The molecule has 0 spiro atoms. The number of aryl methyl sites for hydroxylation is 1. The van der Waals surface area contributed by atoms with E-state index in [1.807, 2.05) is 19.9 Å². The molecule has 2 N–H and O–H groups in total. The average molecular weight is 467 g/mol. The Hall–Kier alpha value is -1.90. The van der Waals surface area contributed by atoms with Crippen LogP contribution in [0.1, 0.15) is 35.7 Å². The summed E-state index contributed by atoms with van der Waals surface area (Å²) in [5, 5.41) is 2.90. The van der Waals surface area contributed by atoms with Gasteiger partial charge in [-0.2, -0.15) is 0 Å². The number of carbonyl (C=O) groups excluding carboxylic acids is 1. The maximum Gasteiger partial charge on any atom is 0.261 e. The van der Waals surface area contributed by atoms with Crippen molar-refractivity contribution in [1.29, 1.82) is 0 Å². The number of hydrogen-bond acceptors (Lipinski definition) is 4. The SMILES string of the molecule is Cc1ccc(Br)c(NS(=O)(=O)c2cccc(C(=O)NC(C)C3CCCO3)c2)c1. The maximum atomic E-state index is 12.8. The van der Waals surface area contributed by atoms with E-state index in [1.54, 1.807) is 24.3 Å². The Morgan fingerprint density at radius 3 is 2.75 bits per heavy atom. The molecule has 28 heavy (non-hydrogen) atoms. The molecule has 0 bridgehead atoms. The predicted molar refractivity (Wildman–Crippen MR) is 112 cm³/mol. The molecule has 0 aliphatic carbocycles. The highest BCUT2D eigenvalue weighted by Crippen LogP contribution is 2.26. The minimum absolute atomic E-state index is 0.00352. The minimum atomic E-state index is -3.84. The Labute approximate surface area is 173 Å². The number of hydrogen-bond donors (Lipinski definition) is 2. The molecule has 1 aliphatic heterocycles. The molecule has 0 aromatic heterocycles. The summed E-state index contributed by atoms with van der Waals surface area (Å²) in [5.74, 6) is -0.322. The number of sulfonamides is 1. The fraction of sp³-hybridized carbons (Fsp3) is 0.350. The number of carbonyl (C=O) groups is 1. The van der Waals surface area contributed by atoms with Crippen LogP contribution in [0.15, 0.2) is 51.8 Å². The van der Waals surface area contributed by atoms with Gasteiger partial charge in [0.1, 0.15) is 0 Å². The fourth-order valence-electron chi connectivity index (χ4n) is 3.11. The third-order valence-corrected chi connectivity index (χ3v) is 6.71. The van der Waals surface area contributed by atoms with E-state index in [4.69, 9.17) is 4.74 Å². The quantitative estimate of drug-likeness (QED) is 0.676. The van der Waals surface area contributed by atoms with Gasteiger partial charge in [-0.15, -0.1) is 0 Å². The second kappa shape index (κ2) is 8.63. The van der Waals surface area contributed by atoms with Crippen molar-refractivity contribution in [3.05, 3.63) is 58.1 Å². The predicted octanol–water partition coefficient (Wildman–Crippen LogP) is 3.86. The van der Waals surface area contributed by atoms with Crippen molar-refractivity contribution in [3.8, 4) is 0 Å². The van der Waals surface area contributed by atoms with Gasteiger partial charge in [-0.05, 0) is 78.5 Å². The zero-order chi connectivity index (χ0) is 20.3. The molecule has 0 saturated carbocycles. The van der Waals surface area contributed by atoms with Gasteiger partial charge in [-0.1, -0.05) is 12.1 Å². The van der Waals surface area contributed by atoms with Crippen LogP contribution in [0.4, 0.5) is 5.69 Å². The lowest BCUT2D eigenvalue weighted by atomic mass is 10.1. The smallest absolute Gasteiger partial charge is 0.261 e. The van der Waals surface area contributed by atoms with Crippen LogP contribution in [0.3, 0.4) is 0 Å². The van der Waals surface area contributed by atoms with Gasteiger partial charge in [0.05, 0.1) is 22.7 Å². The van der Waals surface area contributed by atoms with Crippen LogP contribution in [0.2, 0.25) is 0 Å². The third-order valence-electron chi connectivity index (χ3n) is 4.65. The second-order valence-electron chi connectivity index (χ2n) is 6.93. The van der Waals surface area contributed by atoms with E-state index in [0.29, 0.717) is 16.8 Å². The number of rotatable bonds is 6. The number of anilines is 1. The number of benzene rings is 2. The Morgan fingerprint density at radius 2 is 2.04 bits per heavy atom. The van der Waals surface area contributed by atoms with Gasteiger partial charge in [0.25, 0.3) is 15.9 Å². The Balaban J connectivity index is 1.77. The lowest BCUT2D eigenvalue weighted by Crippen LogP contribution is -2.40. The monoisotopic (exact) mass is 466 g/mol. The molecule has 1 fully saturated rings. The molecule has 2 unspecified atom stereocenters. The van der Waals surface area contributed by atoms with Crippen molar-refractivity contribution in [2.75, 3.05) is 11.3 Å². The van der Waals surface area contributed by atoms with E-state index in [-0.39, 0.29) is 28.5 Å². The van der Waals surface area contributed by atoms with E-state index in [2.05, 4.69) is 26.0 Å². The summed E-state index contributed by atoms with van der Waals surface area (Å²) in [6.07, 6.45) is 1.89. The Kier molecular flexibility index (Phi) is 6.42. The molecular formula is C20H23BrN2O4S. The summed E-state index contributed by atoms with van der Waals surface area (Å²) < 4.78 is 34.4. The third kappa shape index (κ3) is 4.92. The average Bonchev–Trinajstić information content (AvgIpc) is 3.19. The maximum absolute atomic E-state index is 12.8. The van der Waals surface area contributed by atoms with Gasteiger partial charge in [-0.25, -0.2) is 8.42 Å². The second-order valence-corrected chi connectivity index (χ2v) is 9.47. The molecule has 1 amide bonds. The molecule has 1 heterocycles. The van der Waals surface area contributed by atoms with Crippen molar-refractivity contribution in [2.45, 2.75) is 43.7 Å². The summed E-state index contributed by atoms with van der Waals surface area (Å²) in [6.45, 7) is 4.48.